The number of hydrogen-bond acceptors (Lipinski definition) is 7. The van der Waals surface area contributed by atoms with Crippen LogP contribution in [0.25, 0.3) is 11.4 Å². The number of thiophene rings is 1. The van der Waals surface area contributed by atoms with Crippen LogP contribution in [0, 0.1) is 11.3 Å². The lowest BCUT2D eigenvalue weighted by Gasteiger charge is -2.32. The Balaban J connectivity index is 1.76. The van der Waals surface area contributed by atoms with Gasteiger partial charge in [0.05, 0.1) is 23.7 Å². The second-order valence-electron chi connectivity index (χ2n) is 9.27. The molecule has 1 fully saturated rings. The molecule has 36 heavy (non-hydrogen) atoms. The molecule has 1 atom stereocenters. The van der Waals surface area contributed by atoms with Crippen LogP contribution >= 0.6 is 11.3 Å². The average molecular weight is 510 g/mol. The lowest BCUT2D eigenvalue weighted by molar-refractivity contribution is 0.206. The molecule has 5 rings (SSSR count). The van der Waals surface area contributed by atoms with Crippen LogP contribution in [0.2, 0.25) is 0 Å². The van der Waals surface area contributed by atoms with Gasteiger partial charge in [0.2, 0.25) is 0 Å². The molecule has 188 valence electrons. The number of ether oxygens (including phenoxy) is 1. The molecule has 1 aliphatic carbocycles. The topological polar surface area (TPSA) is 86.7 Å². The van der Waals surface area contributed by atoms with Crippen LogP contribution in [-0.4, -0.2) is 43.2 Å². The highest BCUT2D eigenvalue weighted by Crippen LogP contribution is 2.51. The van der Waals surface area contributed by atoms with E-state index in [1.807, 2.05) is 20.0 Å². The lowest BCUT2D eigenvalue weighted by Crippen LogP contribution is -2.42. The van der Waals surface area contributed by atoms with Crippen molar-refractivity contribution >= 4 is 33.7 Å². The zero-order valence-corrected chi connectivity index (χ0v) is 21.5. The molecule has 9 heteroatoms. The van der Waals surface area contributed by atoms with E-state index in [-0.39, 0.29) is 22.0 Å². The molecule has 1 unspecified atom stereocenters. The van der Waals surface area contributed by atoms with Crippen LogP contribution < -0.4 is 11.1 Å². The average Bonchev–Trinajstić information content (AvgIpc) is 3.65. The number of aliphatic imine (C=N–C) groups is 1. The summed E-state index contributed by atoms with van der Waals surface area (Å²) in [5, 5.41) is 13.5. The number of likely N-dealkylation sites (tertiary alicyclic amines) is 1. The first-order valence-electron chi connectivity index (χ1n) is 12.3. The molecule has 0 radical (unpaired) electrons. The first-order valence-corrected chi connectivity index (χ1v) is 13.1. The third kappa shape index (κ3) is 3.80. The molecule has 1 aromatic heterocycles. The van der Waals surface area contributed by atoms with Gasteiger partial charge in [-0.15, -0.1) is 11.3 Å². The molecular weight excluding hydrogens is 480 g/mol. The fourth-order valence-electron chi connectivity index (χ4n) is 5.28. The summed E-state index contributed by atoms with van der Waals surface area (Å²) in [5.41, 5.74) is 10.8. The maximum absolute atomic E-state index is 16.7. The molecule has 3 N–H and O–H groups in total. The molecule has 0 saturated carbocycles. The van der Waals surface area contributed by atoms with E-state index in [2.05, 4.69) is 16.3 Å². The number of nitrogens with two attached hydrogens (primary N) is 1. The Kier molecular flexibility index (Phi) is 6.58. The highest BCUT2D eigenvalue weighted by atomic mass is 32.1. The predicted octanol–water partition coefficient (Wildman–Crippen LogP) is 5.59. The third-order valence-corrected chi connectivity index (χ3v) is 8.30. The van der Waals surface area contributed by atoms with Crippen molar-refractivity contribution in [3.8, 4) is 6.07 Å². The van der Waals surface area contributed by atoms with Gasteiger partial charge in [-0.05, 0) is 49.8 Å². The van der Waals surface area contributed by atoms with E-state index in [9.17, 15) is 5.26 Å². The molecule has 1 aromatic rings. The number of nitrogens with zero attached hydrogens (tertiary/aromatic N) is 3. The monoisotopic (exact) mass is 509 g/mol. The second kappa shape index (κ2) is 9.68. The summed E-state index contributed by atoms with van der Waals surface area (Å²) < 4.78 is 37.6. The van der Waals surface area contributed by atoms with E-state index >= 15 is 8.78 Å². The normalized spacial score (nSPS) is 22.6. The van der Waals surface area contributed by atoms with Crippen LogP contribution in [0.3, 0.4) is 0 Å². The minimum Gasteiger partial charge on any atom is -0.389 e. The van der Waals surface area contributed by atoms with Crippen molar-refractivity contribution in [2.24, 2.45) is 4.99 Å². The number of rotatable bonds is 4. The minimum atomic E-state index is -0.825. The number of nitrogens with one attached hydrogen (secondary N) is 1. The van der Waals surface area contributed by atoms with Crippen LogP contribution in [0.4, 0.5) is 13.8 Å². The molecule has 1 saturated heterocycles. The van der Waals surface area contributed by atoms with E-state index < -0.39 is 17.7 Å². The van der Waals surface area contributed by atoms with Crippen molar-refractivity contribution in [3.05, 3.63) is 62.0 Å². The smallest absolute Gasteiger partial charge is 0.199 e. The van der Waals surface area contributed by atoms with Gasteiger partial charge in [0, 0.05) is 36.0 Å². The molecule has 0 bridgehead atoms. The largest absolute Gasteiger partial charge is 0.389 e. The van der Waals surface area contributed by atoms with Gasteiger partial charge in [-0.2, -0.15) is 5.26 Å². The molecule has 3 aliphatic heterocycles. The molecule has 0 aromatic carbocycles. The Labute approximate surface area is 213 Å². The van der Waals surface area contributed by atoms with Crippen molar-refractivity contribution in [1.82, 2.24) is 10.2 Å². The van der Waals surface area contributed by atoms with E-state index in [0.717, 1.165) is 59.6 Å². The summed E-state index contributed by atoms with van der Waals surface area (Å²) in [4.78, 5) is 7.18. The maximum atomic E-state index is 16.7. The van der Waals surface area contributed by atoms with Crippen molar-refractivity contribution in [2.75, 3.05) is 32.0 Å². The number of nitriles is 1. The molecular formula is C27H29F2N5OS. The van der Waals surface area contributed by atoms with Crippen molar-refractivity contribution < 1.29 is 13.5 Å². The highest BCUT2D eigenvalue weighted by Gasteiger charge is 2.41. The zero-order chi connectivity index (χ0) is 25.6. The van der Waals surface area contributed by atoms with E-state index in [4.69, 9.17) is 15.5 Å². The van der Waals surface area contributed by atoms with Gasteiger partial charge in [-0.25, -0.2) is 13.8 Å². The summed E-state index contributed by atoms with van der Waals surface area (Å²) in [6.07, 6.45) is 5.92. The Hall–Kier alpha value is -3.22. The van der Waals surface area contributed by atoms with Crippen molar-refractivity contribution in [3.63, 3.8) is 0 Å². The molecule has 0 amide bonds. The number of fused-ring (bicyclic) bond motifs is 2. The van der Waals surface area contributed by atoms with Gasteiger partial charge in [-0.3, -0.25) is 0 Å². The van der Waals surface area contributed by atoms with Crippen molar-refractivity contribution in [1.29, 1.82) is 5.26 Å². The Morgan fingerprint density at radius 2 is 2.08 bits per heavy atom. The van der Waals surface area contributed by atoms with Gasteiger partial charge in [0.15, 0.2) is 5.96 Å². The number of anilines is 1. The molecule has 6 nitrogen and oxygen atoms in total. The number of guanidine groups is 1. The summed E-state index contributed by atoms with van der Waals surface area (Å²) in [7, 11) is 0. The predicted molar refractivity (Wildman–Crippen MR) is 140 cm³/mol. The number of halogens is 2. The Bertz CT molecular complexity index is 1350. The fraction of sp³-hybridized carbons (Fsp3) is 0.407. The van der Waals surface area contributed by atoms with Crippen LogP contribution in [0.1, 0.15) is 56.0 Å². The summed E-state index contributed by atoms with van der Waals surface area (Å²) in [6, 6.07) is 1.32. The number of nitrogen functional groups attached to an aromatic ring is 1. The summed E-state index contributed by atoms with van der Waals surface area (Å²) >= 11 is 1.01. The van der Waals surface area contributed by atoms with Crippen molar-refractivity contribution in [2.45, 2.75) is 46.1 Å². The lowest BCUT2D eigenvalue weighted by atomic mass is 9.78. The van der Waals surface area contributed by atoms with E-state index in [1.54, 1.807) is 6.92 Å². The molecule has 4 heterocycles. The SMILES string of the molecule is C/C=C(/F)c1sc(N)c(C#N)c1/C(C1=C(F)C2N=C(N3CCCC3)NC=C2C2=C1COC2)=C(\C)CC. The first-order chi connectivity index (χ1) is 17.4. The fourth-order valence-corrected chi connectivity index (χ4v) is 6.28. The zero-order valence-electron chi connectivity index (χ0n) is 20.7. The standard InChI is InChI=1S/C27H29F2N5OS/c1-4-14(3)20(22-15(10-30)26(31)36-25(22)19(28)5-2)21-18-13-35-12-17(18)16-11-32-27(33-24(16)23(21)29)34-8-6-7-9-34/h5,11,24H,4,6-9,12-13,31H2,1-3H3,(H,32,33)/b19-5+,20-14+. The van der Waals surface area contributed by atoms with Crippen LogP contribution in [-0.2, 0) is 4.74 Å². The Morgan fingerprint density at radius 1 is 1.36 bits per heavy atom. The van der Waals surface area contributed by atoms with Gasteiger partial charge in [0.25, 0.3) is 0 Å². The number of allylic oxidation sites excluding steroid dienone is 3. The number of hydrogen-bond donors (Lipinski definition) is 2. The Morgan fingerprint density at radius 3 is 2.75 bits per heavy atom. The molecule has 0 spiro atoms. The summed E-state index contributed by atoms with van der Waals surface area (Å²) in [6.45, 7) is 7.77. The quantitative estimate of drug-likeness (QED) is 0.553. The van der Waals surface area contributed by atoms with Gasteiger partial charge in [0.1, 0.15) is 28.8 Å². The highest BCUT2D eigenvalue weighted by molar-refractivity contribution is 7.17. The van der Waals surface area contributed by atoms with E-state index in [1.165, 1.54) is 6.08 Å². The molecule has 4 aliphatic rings. The summed E-state index contributed by atoms with van der Waals surface area (Å²) in [5.74, 6) is -0.239. The second-order valence-corrected chi connectivity index (χ2v) is 10.3. The minimum absolute atomic E-state index is 0.170. The maximum Gasteiger partial charge on any atom is 0.199 e. The third-order valence-electron chi connectivity index (χ3n) is 7.27. The van der Waals surface area contributed by atoms with Gasteiger partial charge < -0.3 is 20.7 Å². The first kappa shape index (κ1) is 24.5. The van der Waals surface area contributed by atoms with Gasteiger partial charge in [-0.1, -0.05) is 18.6 Å². The van der Waals surface area contributed by atoms with E-state index in [0.29, 0.717) is 35.7 Å². The van der Waals surface area contributed by atoms with Crippen LogP contribution in [0.5, 0.6) is 0 Å². The van der Waals surface area contributed by atoms with Crippen LogP contribution in [0.15, 0.2) is 51.0 Å². The van der Waals surface area contributed by atoms with Gasteiger partial charge >= 0.3 is 0 Å².